The number of amides is 1. The molecule has 1 aliphatic rings. The maximum atomic E-state index is 12.6. The summed E-state index contributed by atoms with van der Waals surface area (Å²) in [5, 5.41) is 0. The molecule has 0 N–H and O–H groups in total. The number of ether oxygens (including phenoxy) is 1. The molecule has 0 radical (unpaired) electrons. The fourth-order valence-corrected chi connectivity index (χ4v) is 2.41. The van der Waals surface area contributed by atoms with Gasteiger partial charge in [0.2, 0.25) is 0 Å². The Morgan fingerprint density at radius 1 is 1.40 bits per heavy atom. The molecule has 1 fully saturated rings. The van der Waals surface area contributed by atoms with Crippen LogP contribution in [-0.4, -0.2) is 62.1 Å². The van der Waals surface area contributed by atoms with Gasteiger partial charge in [-0.1, -0.05) is 0 Å². The van der Waals surface area contributed by atoms with E-state index in [1.165, 1.54) is 0 Å². The molecular weight excluding hydrogens is 256 g/mol. The highest BCUT2D eigenvalue weighted by Crippen LogP contribution is 2.17. The first-order chi connectivity index (χ1) is 9.58. The Hall–Kier alpha value is -1.33. The number of rotatable bonds is 6. The molecule has 5 heteroatoms. The quantitative estimate of drug-likeness (QED) is 0.797. The van der Waals surface area contributed by atoms with Crippen molar-refractivity contribution in [1.82, 2.24) is 9.80 Å². The van der Waals surface area contributed by atoms with Crippen molar-refractivity contribution >= 4 is 5.91 Å². The summed E-state index contributed by atoms with van der Waals surface area (Å²) < 4.78 is 10.9. The summed E-state index contributed by atoms with van der Waals surface area (Å²) in [7, 11) is 4.02. The minimum absolute atomic E-state index is 0.0357. The molecule has 2 rings (SSSR count). The third-order valence-electron chi connectivity index (χ3n) is 3.64. The molecule has 2 heterocycles. The lowest BCUT2D eigenvalue weighted by Gasteiger charge is -2.26. The highest BCUT2D eigenvalue weighted by atomic mass is 16.5. The molecular formula is C15H24N2O3. The van der Waals surface area contributed by atoms with E-state index in [2.05, 4.69) is 4.90 Å². The molecule has 1 unspecified atom stereocenters. The molecule has 1 aromatic heterocycles. The van der Waals surface area contributed by atoms with Gasteiger partial charge in [0.25, 0.3) is 5.91 Å². The highest BCUT2D eigenvalue weighted by Gasteiger charge is 2.25. The third kappa shape index (κ3) is 3.84. The Morgan fingerprint density at radius 3 is 2.75 bits per heavy atom. The van der Waals surface area contributed by atoms with Crippen LogP contribution in [0.4, 0.5) is 0 Å². The van der Waals surface area contributed by atoms with Gasteiger partial charge in [0.05, 0.1) is 17.9 Å². The highest BCUT2D eigenvalue weighted by molar-refractivity contribution is 5.95. The number of furan rings is 1. The minimum Gasteiger partial charge on any atom is -0.469 e. The number of hydrogen-bond acceptors (Lipinski definition) is 4. The number of hydrogen-bond donors (Lipinski definition) is 0. The van der Waals surface area contributed by atoms with E-state index in [4.69, 9.17) is 9.15 Å². The van der Waals surface area contributed by atoms with Crippen molar-refractivity contribution < 1.29 is 13.9 Å². The molecule has 5 nitrogen and oxygen atoms in total. The van der Waals surface area contributed by atoms with Crippen LogP contribution in [0.15, 0.2) is 16.7 Å². The van der Waals surface area contributed by atoms with E-state index >= 15 is 0 Å². The Bertz CT molecular complexity index is 436. The van der Waals surface area contributed by atoms with Crippen LogP contribution in [0.5, 0.6) is 0 Å². The van der Waals surface area contributed by atoms with Crippen molar-refractivity contribution in [3.05, 3.63) is 23.7 Å². The van der Waals surface area contributed by atoms with Crippen LogP contribution in [0.1, 0.15) is 29.0 Å². The second kappa shape index (κ2) is 6.90. The van der Waals surface area contributed by atoms with Gasteiger partial charge in [-0.05, 0) is 39.9 Å². The maximum Gasteiger partial charge on any atom is 0.257 e. The molecule has 0 bridgehead atoms. The van der Waals surface area contributed by atoms with Crippen molar-refractivity contribution in [3.8, 4) is 0 Å². The summed E-state index contributed by atoms with van der Waals surface area (Å²) in [5.74, 6) is 0.714. The topological polar surface area (TPSA) is 45.9 Å². The molecule has 1 aliphatic heterocycles. The van der Waals surface area contributed by atoms with E-state index < -0.39 is 0 Å². The van der Waals surface area contributed by atoms with Crippen LogP contribution in [0.2, 0.25) is 0 Å². The molecule has 0 spiro atoms. The van der Waals surface area contributed by atoms with Crippen LogP contribution in [0.25, 0.3) is 0 Å². The smallest absolute Gasteiger partial charge is 0.257 e. The molecule has 1 saturated heterocycles. The SMILES string of the molecule is Cc1occc1C(=O)N(CCN(C)C)CC1CCCO1. The molecule has 1 amide bonds. The summed E-state index contributed by atoms with van der Waals surface area (Å²) in [6, 6.07) is 1.75. The van der Waals surface area contributed by atoms with Gasteiger partial charge in [-0.15, -0.1) is 0 Å². The lowest BCUT2D eigenvalue weighted by molar-refractivity contribution is 0.0511. The van der Waals surface area contributed by atoms with E-state index in [-0.39, 0.29) is 12.0 Å². The lowest BCUT2D eigenvalue weighted by atomic mass is 10.2. The molecule has 0 saturated carbocycles. The van der Waals surface area contributed by atoms with Gasteiger partial charge in [-0.2, -0.15) is 0 Å². The normalized spacial score (nSPS) is 18.7. The Labute approximate surface area is 120 Å². The van der Waals surface area contributed by atoms with Crippen LogP contribution in [0, 0.1) is 6.92 Å². The van der Waals surface area contributed by atoms with Crippen molar-refractivity contribution in [2.24, 2.45) is 0 Å². The first kappa shape index (κ1) is 15.1. The molecule has 20 heavy (non-hydrogen) atoms. The monoisotopic (exact) mass is 280 g/mol. The maximum absolute atomic E-state index is 12.6. The van der Waals surface area contributed by atoms with E-state index in [9.17, 15) is 4.79 Å². The van der Waals surface area contributed by atoms with Gasteiger partial charge in [0.15, 0.2) is 0 Å². The predicted octanol–water partition coefficient (Wildman–Crippen LogP) is 1.77. The fraction of sp³-hybridized carbons (Fsp3) is 0.667. The fourth-order valence-electron chi connectivity index (χ4n) is 2.41. The van der Waals surface area contributed by atoms with Gasteiger partial charge in [0, 0.05) is 26.2 Å². The number of likely N-dealkylation sites (N-methyl/N-ethyl adjacent to an activating group) is 1. The first-order valence-electron chi connectivity index (χ1n) is 7.17. The first-order valence-corrected chi connectivity index (χ1v) is 7.17. The van der Waals surface area contributed by atoms with E-state index in [1.807, 2.05) is 25.9 Å². The summed E-state index contributed by atoms with van der Waals surface area (Å²) in [6.07, 6.45) is 3.87. The standard InChI is InChI=1S/C15H24N2O3/c1-12-14(6-10-19-12)15(18)17(8-7-16(2)3)11-13-5-4-9-20-13/h6,10,13H,4-5,7-9,11H2,1-3H3. The van der Waals surface area contributed by atoms with Crippen LogP contribution >= 0.6 is 0 Å². The van der Waals surface area contributed by atoms with E-state index in [0.717, 1.165) is 26.0 Å². The van der Waals surface area contributed by atoms with Crippen molar-refractivity contribution in [1.29, 1.82) is 0 Å². The van der Waals surface area contributed by atoms with Gasteiger partial charge in [-0.3, -0.25) is 4.79 Å². The number of carbonyl (C=O) groups is 1. The second-order valence-corrected chi connectivity index (χ2v) is 5.58. The summed E-state index contributed by atoms with van der Waals surface area (Å²) >= 11 is 0. The minimum atomic E-state index is 0.0357. The van der Waals surface area contributed by atoms with Gasteiger partial charge in [0.1, 0.15) is 5.76 Å². The second-order valence-electron chi connectivity index (χ2n) is 5.58. The van der Waals surface area contributed by atoms with Crippen molar-refractivity contribution in [3.63, 3.8) is 0 Å². The summed E-state index contributed by atoms with van der Waals surface area (Å²) in [5.41, 5.74) is 0.654. The number of aryl methyl sites for hydroxylation is 1. The zero-order chi connectivity index (χ0) is 14.5. The summed E-state index contributed by atoms with van der Waals surface area (Å²) in [4.78, 5) is 16.6. The van der Waals surface area contributed by atoms with Gasteiger partial charge < -0.3 is 19.0 Å². The Kier molecular flexibility index (Phi) is 5.20. The zero-order valence-electron chi connectivity index (χ0n) is 12.6. The van der Waals surface area contributed by atoms with Crippen molar-refractivity contribution in [2.75, 3.05) is 40.3 Å². The largest absolute Gasteiger partial charge is 0.469 e. The molecule has 0 aliphatic carbocycles. The number of carbonyl (C=O) groups excluding carboxylic acids is 1. The van der Waals surface area contributed by atoms with E-state index in [1.54, 1.807) is 12.3 Å². The zero-order valence-corrected chi connectivity index (χ0v) is 12.6. The lowest BCUT2D eigenvalue weighted by Crippen LogP contribution is -2.41. The number of nitrogens with zero attached hydrogens (tertiary/aromatic N) is 2. The third-order valence-corrected chi connectivity index (χ3v) is 3.64. The molecule has 112 valence electrons. The van der Waals surface area contributed by atoms with E-state index in [0.29, 0.717) is 24.4 Å². The Morgan fingerprint density at radius 2 is 2.20 bits per heavy atom. The Balaban J connectivity index is 2.04. The van der Waals surface area contributed by atoms with Crippen LogP contribution in [-0.2, 0) is 4.74 Å². The van der Waals surface area contributed by atoms with Crippen LogP contribution in [0.3, 0.4) is 0 Å². The molecule has 0 aromatic carbocycles. The predicted molar refractivity (Wildman–Crippen MR) is 76.9 cm³/mol. The average molecular weight is 280 g/mol. The van der Waals surface area contributed by atoms with Crippen molar-refractivity contribution in [2.45, 2.75) is 25.9 Å². The molecule has 1 aromatic rings. The van der Waals surface area contributed by atoms with Gasteiger partial charge >= 0.3 is 0 Å². The average Bonchev–Trinajstić information content (AvgIpc) is 3.04. The molecule has 1 atom stereocenters. The summed E-state index contributed by atoms with van der Waals surface area (Å²) in [6.45, 7) is 4.84. The van der Waals surface area contributed by atoms with Crippen LogP contribution < -0.4 is 0 Å². The van der Waals surface area contributed by atoms with Gasteiger partial charge in [-0.25, -0.2) is 0 Å².